The lowest BCUT2D eigenvalue weighted by Crippen LogP contribution is -2.12. The van der Waals surface area contributed by atoms with Crippen LogP contribution in [0.1, 0.15) is 32.3 Å². The first kappa shape index (κ1) is 14.6. The van der Waals surface area contributed by atoms with Crippen LogP contribution in [0.15, 0.2) is 66.5 Å². The fourth-order valence-electron chi connectivity index (χ4n) is 2.69. The molecule has 0 bridgehead atoms. The van der Waals surface area contributed by atoms with Gasteiger partial charge in [0.2, 0.25) is 0 Å². The molecule has 0 fully saturated rings. The van der Waals surface area contributed by atoms with Gasteiger partial charge < -0.3 is 5.73 Å². The van der Waals surface area contributed by atoms with Crippen molar-refractivity contribution in [1.29, 1.82) is 0 Å². The van der Waals surface area contributed by atoms with Gasteiger partial charge in [-0.2, -0.15) is 0 Å². The van der Waals surface area contributed by atoms with Gasteiger partial charge in [0.1, 0.15) is 0 Å². The van der Waals surface area contributed by atoms with E-state index in [1.807, 2.05) is 36.4 Å². The molecule has 1 heterocycles. The maximum absolute atomic E-state index is 11.7. The summed E-state index contributed by atoms with van der Waals surface area (Å²) in [6.45, 7) is 0. The lowest BCUT2D eigenvalue weighted by atomic mass is 9.97. The number of amides is 1. The van der Waals surface area contributed by atoms with Gasteiger partial charge in [-0.1, -0.05) is 60.7 Å². The van der Waals surface area contributed by atoms with E-state index in [4.69, 9.17) is 5.73 Å². The second-order valence-electron chi connectivity index (χ2n) is 5.36. The summed E-state index contributed by atoms with van der Waals surface area (Å²) in [5.74, 6) is 1.88. The Balaban J connectivity index is 1.95. The molecule has 0 aliphatic carbocycles. The number of nitrogens with two attached hydrogens (primary N) is 1. The Morgan fingerprint density at radius 1 is 0.864 bits per heavy atom. The average Bonchev–Trinajstić information content (AvgIpc) is 2.92. The minimum Gasteiger partial charge on any atom is -0.365 e. The van der Waals surface area contributed by atoms with Crippen molar-refractivity contribution in [2.75, 3.05) is 0 Å². The lowest BCUT2D eigenvalue weighted by molar-refractivity contribution is 0.100. The second-order valence-corrected chi connectivity index (χ2v) is 6.43. The molecule has 0 saturated carbocycles. The first-order chi connectivity index (χ1) is 10.7. The standard InChI is InChI=1S/C19H18NOP/c20-19(21)18-17(12-15-9-5-2-6-10-15)16(13-22-18)11-14-7-3-1-4-8-14/h1-10,13,22H,11-12H2,(H2,20,21). The fraction of sp³-hybridized carbons (Fsp3) is 0.105. The molecule has 3 rings (SSSR count). The predicted molar refractivity (Wildman–Crippen MR) is 93.0 cm³/mol. The number of carbonyl (C=O) groups excluding carboxylic acids is 1. The van der Waals surface area contributed by atoms with Gasteiger partial charge in [0.15, 0.2) is 0 Å². The number of benzene rings is 2. The van der Waals surface area contributed by atoms with Crippen molar-refractivity contribution >= 4 is 14.1 Å². The molecule has 0 aliphatic heterocycles. The van der Waals surface area contributed by atoms with Crippen molar-refractivity contribution in [3.63, 3.8) is 0 Å². The van der Waals surface area contributed by atoms with E-state index in [-0.39, 0.29) is 5.91 Å². The van der Waals surface area contributed by atoms with Crippen LogP contribution >= 0.6 is 8.19 Å². The smallest absolute Gasteiger partial charge is 0.252 e. The van der Waals surface area contributed by atoms with E-state index in [1.165, 1.54) is 16.7 Å². The van der Waals surface area contributed by atoms with Crippen LogP contribution in [0, 0.1) is 0 Å². The van der Waals surface area contributed by atoms with E-state index < -0.39 is 0 Å². The van der Waals surface area contributed by atoms with Crippen LogP contribution in [-0.4, -0.2) is 5.91 Å². The summed E-state index contributed by atoms with van der Waals surface area (Å²) in [6, 6.07) is 20.6. The molecule has 1 amide bonds. The first-order valence-corrected chi connectivity index (χ1v) is 8.38. The highest BCUT2D eigenvalue weighted by Gasteiger charge is 2.15. The molecule has 2 nitrogen and oxygen atoms in total. The minimum absolute atomic E-state index is 0.288. The van der Waals surface area contributed by atoms with Crippen molar-refractivity contribution < 1.29 is 4.79 Å². The zero-order valence-corrected chi connectivity index (χ0v) is 13.3. The molecular formula is C19H18NOP. The van der Waals surface area contributed by atoms with Gasteiger partial charge in [-0.25, -0.2) is 0 Å². The Bertz CT molecular complexity index is 763. The zero-order valence-electron chi connectivity index (χ0n) is 12.3. The Kier molecular flexibility index (Phi) is 4.41. The zero-order chi connectivity index (χ0) is 15.4. The molecule has 22 heavy (non-hydrogen) atoms. The molecule has 0 saturated heterocycles. The third-order valence-corrected chi connectivity index (χ3v) is 5.12. The predicted octanol–water partition coefficient (Wildman–Crippen LogP) is 4.00. The maximum Gasteiger partial charge on any atom is 0.252 e. The molecule has 0 spiro atoms. The van der Waals surface area contributed by atoms with Crippen LogP contribution < -0.4 is 5.73 Å². The molecule has 1 aromatic heterocycles. The van der Waals surface area contributed by atoms with E-state index in [0.717, 1.165) is 23.7 Å². The number of carbonyl (C=O) groups is 1. The fourth-order valence-corrected chi connectivity index (χ4v) is 3.85. The van der Waals surface area contributed by atoms with Crippen LogP contribution in [0.5, 0.6) is 0 Å². The summed E-state index contributed by atoms with van der Waals surface area (Å²) in [4.78, 5) is 11.7. The van der Waals surface area contributed by atoms with Crippen molar-refractivity contribution in [1.82, 2.24) is 0 Å². The summed E-state index contributed by atoms with van der Waals surface area (Å²) in [7, 11) is 0.387. The second kappa shape index (κ2) is 6.64. The molecular weight excluding hydrogens is 289 g/mol. The number of hydrogen-bond donors (Lipinski definition) is 1. The highest BCUT2D eigenvalue weighted by molar-refractivity contribution is 7.32. The van der Waals surface area contributed by atoms with Gasteiger partial charge in [-0.15, -0.1) is 8.19 Å². The van der Waals surface area contributed by atoms with Crippen LogP contribution in [0.2, 0.25) is 0 Å². The molecule has 3 aromatic rings. The summed E-state index contributed by atoms with van der Waals surface area (Å²) in [5.41, 5.74) is 10.4. The Labute approximate surface area is 132 Å². The van der Waals surface area contributed by atoms with E-state index in [0.29, 0.717) is 8.19 Å². The van der Waals surface area contributed by atoms with Crippen LogP contribution in [0.25, 0.3) is 0 Å². The minimum atomic E-state index is -0.288. The highest BCUT2D eigenvalue weighted by atomic mass is 31.0. The Hall–Kier alpha value is -2.31. The summed E-state index contributed by atoms with van der Waals surface area (Å²) >= 11 is 0. The Morgan fingerprint density at radius 3 is 1.95 bits per heavy atom. The number of rotatable bonds is 5. The molecule has 1 unspecified atom stereocenters. The monoisotopic (exact) mass is 307 g/mol. The molecule has 0 radical (unpaired) electrons. The van der Waals surface area contributed by atoms with Gasteiger partial charge in [0.05, 0.1) is 5.30 Å². The number of primary amides is 1. The van der Waals surface area contributed by atoms with Crippen molar-refractivity contribution in [2.45, 2.75) is 12.8 Å². The first-order valence-electron chi connectivity index (χ1n) is 7.31. The summed E-state index contributed by atoms with van der Waals surface area (Å²) in [5, 5.41) is 0.787. The molecule has 2 aromatic carbocycles. The van der Waals surface area contributed by atoms with Crippen LogP contribution in [0.4, 0.5) is 0 Å². The molecule has 3 heteroatoms. The van der Waals surface area contributed by atoms with Gasteiger partial charge in [0, 0.05) is 0 Å². The van der Waals surface area contributed by atoms with Gasteiger partial charge in [-0.05, 0) is 40.9 Å². The van der Waals surface area contributed by atoms with E-state index in [1.54, 1.807) is 0 Å². The largest absolute Gasteiger partial charge is 0.365 e. The molecule has 110 valence electrons. The SMILES string of the molecule is NC(=O)c1[pH]cc(Cc2ccccc2)c1Cc1ccccc1. The van der Waals surface area contributed by atoms with Crippen molar-refractivity contribution in [3.8, 4) is 0 Å². The maximum atomic E-state index is 11.7. The quantitative estimate of drug-likeness (QED) is 0.760. The van der Waals surface area contributed by atoms with Gasteiger partial charge in [-0.3, -0.25) is 4.79 Å². The molecule has 2 N–H and O–H groups in total. The third-order valence-electron chi connectivity index (χ3n) is 3.79. The van der Waals surface area contributed by atoms with Crippen LogP contribution in [0.3, 0.4) is 0 Å². The normalized spacial score (nSPS) is 10.9. The lowest BCUT2D eigenvalue weighted by Gasteiger charge is -2.08. The molecule has 1 atom stereocenters. The number of hydrogen-bond acceptors (Lipinski definition) is 1. The van der Waals surface area contributed by atoms with Crippen LogP contribution in [-0.2, 0) is 12.8 Å². The van der Waals surface area contributed by atoms with Crippen molar-refractivity contribution in [3.05, 3.63) is 94.0 Å². The van der Waals surface area contributed by atoms with Crippen molar-refractivity contribution in [2.24, 2.45) is 5.73 Å². The average molecular weight is 307 g/mol. The molecule has 0 aliphatic rings. The third kappa shape index (κ3) is 3.29. The Morgan fingerprint density at radius 2 is 1.41 bits per heavy atom. The van der Waals surface area contributed by atoms with E-state index in [9.17, 15) is 4.79 Å². The van der Waals surface area contributed by atoms with E-state index >= 15 is 0 Å². The summed E-state index contributed by atoms with van der Waals surface area (Å²) in [6.07, 6.45) is 1.62. The van der Waals surface area contributed by atoms with E-state index in [2.05, 4.69) is 30.1 Å². The topological polar surface area (TPSA) is 43.1 Å². The van der Waals surface area contributed by atoms with Gasteiger partial charge >= 0.3 is 0 Å². The summed E-state index contributed by atoms with van der Waals surface area (Å²) < 4.78 is 0. The highest BCUT2D eigenvalue weighted by Crippen LogP contribution is 2.30. The van der Waals surface area contributed by atoms with Gasteiger partial charge in [0.25, 0.3) is 5.91 Å².